The average molecular weight is 538 g/mol. The van der Waals surface area contributed by atoms with Crippen molar-refractivity contribution in [1.82, 2.24) is 4.98 Å². The van der Waals surface area contributed by atoms with Crippen molar-refractivity contribution in [1.29, 1.82) is 0 Å². The smallest absolute Gasteiger partial charge is 0.304 e. The van der Waals surface area contributed by atoms with Crippen molar-refractivity contribution in [2.24, 2.45) is 0 Å². The topological polar surface area (TPSA) is 68.7 Å². The molecule has 0 saturated heterocycles. The number of carbonyl (C=O) groups is 1. The van der Waals surface area contributed by atoms with Crippen molar-refractivity contribution in [3.8, 4) is 33.8 Å². The van der Waals surface area contributed by atoms with E-state index in [0.717, 1.165) is 62.3 Å². The van der Waals surface area contributed by atoms with Crippen molar-refractivity contribution < 1.29 is 23.8 Å². The number of benzene rings is 3. The second-order valence-electron chi connectivity index (χ2n) is 11.1. The van der Waals surface area contributed by atoms with Gasteiger partial charge in [-0.2, -0.15) is 0 Å². The van der Waals surface area contributed by atoms with Crippen LogP contribution in [0.25, 0.3) is 22.3 Å². The maximum Gasteiger partial charge on any atom is 0.304 e. The number of nitrogens with zero attached hydrogens (tertiary/aromatic N) is 1. The lowest BCUT2D eigenvalue weighted by atomic mass is 9.88. The fraction of sp³-hybridized carbons (Fsp3) is 0.294. The molecule has 1 aliphatic heterocycles. The van der Waals surface area contributed by atoms with Crippen LogP contribution in [0.1, 0.15) is 64.1 Å². The molecule has 6 rings (SSSR count). The first kappa shape index (κ1) is 26.1. The van der Waals surface area contributed by atoms with E-state index < -0.39 is 12.1 Å². The molecule has 1 unspecified atom stereocenters. The monoisotopic (exact) mass is 537 g/mol. The predicted octanol–water partition coefficient (Wildman–Crippen LogP) is 7.81. The summed E-state index contributed by atoms with van der Waals surface area (Å²) >= 11 is 0. The van der Waals surface area contributed by atoms with Crippen molar-refractivity contribution in [3.63, 3.8) is 0 Å². The van der Waals surface area contributed by atoms with Gasteiger partial charge in [0.2, 0.25) is 0 Å². The van der Waals surface area contributed by atoms with E-state index in [1.54, 1.807) is 12.1 Å². The second-order valence-corrected chi connectivity index (χ2v) is 11.1. The van der Waals surface area contributed by atoms with Gasteiger partial charge in [0.25, 0.3) is 0 Å². The third kappa shape index (κ3) is 4.72. The molecule has 0 saturated carbocycles. The zero-order chi connectivity index (χ0) is 28.1. The number of pyridine rings is 1. The number of rotatable bonds is 6. The van der Waals surface area contributed by atoms with Crippen LogP contribution in [0.2, 0.25) is 0 Å². The molecule has 0 fully saturated rings. The lowest BCUT2D eigenvalue weighted by Crippen LogP contribution is -2.07. The molecule has 40 heavy (non-hydrogen) atoms. The summed E-state index contributed by atoms with van der Waals surface area (Å²) in [6.07, 6.45) is 1.01. The van der Waals surface area contributed by atoms with E-state index in [4.69, 9.17) is 14.6 Å². The lowest BCUT2D eigenvalue weighted by Gasteiger charge is -2.19. The molecule has 4 aromatic rings. The lowest BCUT2D eigenvalue weighted by molar-refractivity contribution is -0.137. The van der Waals surface area contributed by atoms with Crippen LogP contribution in [0.5, 0.6) is 11.5 Å². The van der Waals surface area contributed by atoms with Crippen molar-refractivity contribution in [3.05, 3.63) is 99.6 Å². The first-order chi connectivity index (χ1) is 19.2. The van der Waals surface area contributed by atoms with Crippen LogP contribution in [0.15, 0.2) is 54.6 Å². The van der Waals surface area contributed by atoms with Gasteiger partial charge in [0.1, 0.15) is 23.4 Å². The van der Waals surface area contributed by atoms with Gasteiger partial charge >= 0.3 is 5.97 Å². The van der Waals surface area contributed by atoms with Crippen LogP contribution in [0.3, 0.4) is 0 Å². The Kier molecular flexibility index (Phi) is 6.57. The number of aliphatic carboxylic acids is 1. The average Bonchev–Trinajstić information content (AvgIpc) is 3.48. The summed E-state index contributed by atoms with van der Waals surface area (Å²) in [7, 11) is 0. The summed E-state index contributed by atoms with van der Waals surface area (Å²) in [5.74, 6) is -0.0366. The maximum atomic E-state index is 15.3. The van der Waals surface area contributed by atoms with Gasteiger partial charge in [-0.25, -0.2) is 4.39 Å². The van der Waals surface area contributed by atoms with Crippen LogP contribution in [0, 0.1) is 33.5 Å². The third-order valence-corrected chi connectivity index (χ3v) is 8.06. The fourth-order valence-corrected chi connectivity index (χ4v) is 6.46. The first-order valence-corrected chi connectivity index (χ1v) is 13.7. The summed E-state index contributed by atoms with van der Waals surface area (Å²) in [6.45, 7) is 8.60. The van der Waals surface area contributed by atoms with Gasteiger partial charge < -0.3 is 14.6 Å². The number of hydrogen-bond donors (Lipinski definition) is 1. The third-order valence-electron chi connectivity index (χ3n) is 8.06. The number of hydrogen-bond acceptors (Lipinski definition) is 4. The van der Waals surface area contributed by atoms with Gasteiger partial charge in [-0.3, -0.25) is 9.78 Å². The predicted molar refractivity (Wildman–Crippen MR) is 153 cm³/mol. The molecule has 6 heteroatoms. The van der Waals surface area contributed by atoms with E-state index in [0.29, 0.717) is 30.1 Å². The van der Waals surface area contributed by atoms with Gasteiger partial charge in [0.05, 0.1) is 13.0 Å². The maximum absolute atomic E-state index is 15.3. The number of halogens is 1. The quantitative estimate of drug-likeness (QED) is 0.272. The molecule has 1 N–H and O–H groups in total. The molecule has 2 aliphatic rings. The Labute approximate surface area is 233 Å². The normalized spacial score (nSPS) is 17.3. The minimum absolute atomic E-state index is 0.0266. The molecule has 204 valence electrons. The fourth-order valence-electron chi connectivity index (χ4n) is 6.46. The molecule has 0 radical (unpaired) electrons. The van der Waals surface area contributed by atoms with E-state index in [1.807, 2.05) is 32.0 Å². The van der Waals surface area contributed by atoms with Gasteiger partial charge in [0.15, 0.2) is 0 Å². The molecule has 2 atom stereocenters. The van der Waals surface area contributed by atoms with Gasteiger partial charge in [-0.15, -0.1) is 0 Å². The van der Waals surface area contributed by atoms with Crippen LogP contribution >= 0.6 is 0 Å². The highest BCUT2D eigenvalue weighted by Gasteiger charge is 2.32. The van der Waals surface area contributed by atoms with Crippen LogP contribution in [0.4, 0.5) is 4.39 Å². The van der Waals surface area contributed by atoms with Crippen LogP contribution in [-0.2, 0) is 11.2 Å². The summed E-state index contributed by atoms with van der Waals surface area (Å²) in [6, 6.07) is 17.6. The van der Waals surface area contributed by atoms with E-state index >= 15 is 4.39 Å². The Bertz CT molecular complexity index is 1620. The molecule has 1 aromatic heterocycles. The molecule has 0 spiro atoms. The number of aryl methyl sites for hydroxylation is 4. The highest BCUT2D eigenvalue weighted by molar-refractivity contribution is 5.80. The highest BCUT2D eigenvalue weighted by atomic mass is 19.1. The van der Waals surface area contributed by atoms with Crippen LogP contribution in [-0.4, -0.2) is 22.7 Å². The van der Waals surface area contributed by atoms with Crippen molar-refractivity contribution in [2.75, 3.05) is 6.61 Å². The number of ether oxygens (including phenoxy) is 2. The largest absolute Gasteiger partial charge is 0.492 e. The Balaban J connectivity index is 1.31. The van der Waals surface area contributed by atoms with E-state index in [1.165, 1.54) is 0 Å². The summed E-state index contributed by atoms with van der Waals surface area (Å²) in [5.41, 5.74) is 11.3. The van der Waals surface area contributed by atoms with E-state index in [2.05, 4.69) is 43.1 Å². The molecule has 2 heterocycles. The Morgan fingerprint density at radius 3 is 2.40 bits per heavy atom. The van der Waals surface area contributed by atoms with Gasteiger partial charge in [0, 0.05) is 34.5 Å². The number of carboxylic acid groups (broad SMARTS) is 1. The SMILES string of the molecule is Cc1cc(-c2cc(C)c(-c3ccc(F)c4c3CC[C@H]4Oc3ccc4c(c3)OCC4CC(=O)O)c(C)c2)cc(C)n1. The zero-order valence-corrected chi connectivity index (χ0v) is 23.2. The molecule has 5 nitrogen and oxygen atoms in total. The summed E-state index contributed by atoms with van der Waals surface area (Å²) < 4.78 is 27.4. The minimum Gasteiger partial charge on any atom is -0.492 e. The minimum atomic E-state index is -0.849. The van der Waals surface area contributed by atoms with Crippen molar-refractivity contribution in [2.45, 2.75) is 59.0 Å². The molecular weight excluding hydrogens is 505 g/mol. The van der Waals surface area contributed by atoms with Crippen molar-refractivity contribution >= 4 is 5.97 Å². The van der Waals surface area contributed by atoms with E-state index in [-0.39, 0.29) is 18.2 Å². The first-order valence-electron chi connectivity index (χ1n) is 13.7. The summed E-state index contributed by atoms with van der Waals surface area (Å²) in [4.78, 5) is 15.7. The van der Waals surface area contributed by atoms with Gasteiger partial charge in [-0.1, -0.05) is 24.3 Å². The number of fused-ring (bicyclic) bond motifs is 2. The molecule has 3 aromatic carbocycles. The molecule has 0 bridgehead atoms. The number of aromatic nitrogens is 1. The Morgan fingerprint density at radius 2 is 1.70 bits per heavy atom. The Morgan fingerprint density at radius 1 is 1.00 bits per heavy atom. The van der Waals surface area contributed by atoms with E-state index in [9.17, 15) is 4.79 Å². The standard InChI is InChI=1S/C34H32FNO4/c1-18-11-22(23-13-20(3)36-21(4)14-23)12-19(2)33(18)27-7-9-29(35)34-28(27)8-10-30(34)40-25-5-6-26-24(15-32(37)38)17-39-31(26)16-25/h5-7,9,11-14,16,24,30H,8,10,15,17H2,1-4H3,(H,37,38)/t24?,30-/m1/s1. The second kappa shape index (κ2) is 10.1. The summed E-state index contributed by atoms with van der Waals surface area (Å²) in [5, 5.41) is 9.17. The highest BCUT2D eigenvalue weighted by Crippen LogP contribution is 2.45. The number of carboxylic acids is 1. The van der Waals surface area contributed by atoms with Crippen LogP contribution < -0.4 is 9.47 Å². The molecule has 1 aliphatic carbocycles. The Hall–Kier alpha value is -4.19. The van der Waals surface area contributed by atoms with Gasteiger partial charge in [-0.05, 0) is 104 Å². The molecular formula is C34H32FNO4. The zero-order valence-electron chi connectivity index (χ0n) is 23.2. The molecule has 0 amide bonds.